The van der Waals surface area contributed by atoms with E-state index >= 15 is 0 Å². The number of aryl methyl sites for hydroxylation is 1. The Morgan fingerprint density at radius 2 is 1.59 bits per heavy atom. The Balaban J connectivity index is 1.56. The molecule has 0 atom stereocenters. The van der Waals surface area contributed by atoms with E-state index in [0.717, 1.165) is 17.0 Å². The van der Waals surface area contributed by atoms with Crippen LogP contribution in [-0.2, 0) is 21.3 Å². The van der Waals surface area contributed by atoms with Crippen molar-refractivity contribution < 1.29 is 9.47 Å². The van der Waals surface area contributed by atoms with E-state index in [2.05, 4.69) is 49.4 Å². The van der Waals surface area contributed by atoms with Gasteiger partial charge in [-0.1, -0.05) is 73.1 Å². The molecule has 0 bridgehead atoms. The number of hydrogen-bond acceptors (Lipinski definition) is 2. The summed E-state index contributed by atoms with van der Waals surface area (Å²) in [5.41, 5.74) is 7.47. The lowest BCUT2D eigenvalue weighted by molar-refractivity contribution is -0.206. The zero-order chi connectivity index (χ0) is 18.4. The maximum atomic E-state index is 6.29. The predicted molar refractivity (Wildman–Crippen MR) is 108 cm³/mol. The SMILES string of the molecule is CCc1cccc2c1C1(COC(c3ccc(Cl)cc3)OC1)c1ccccc1-2. The number of hydrogen-bond donors (Lipinski definition) is 0. The first-order chi connectivity index (χ1) is 13.2. The smallest absolute Gasteiger partial charge is 0.183 e. The van der Waals surface area contributed by atoms with Crippen LogP contribution in [0.15, 0.2) is 66.7 Å². The van der Waals surface area contributed by atoms with Crippen LogP contribution in [0, 0.1) is 0 Å². The van der Waals surface area contributed by atoms with Crippen molar-refractivity contribution >= 4 is 11.6 Å². The van der Waals surface area contributed by atoms with E-state index in [-0.39, 0.29) is 11.7 Å². The molecule has 27 heavy (non-hydrogen) atoms. The fraction of sp³-hybridized carbons (Fsp3) is 0.250. The van der Waals surface area contributed by atoms with Gasteiger partial charge < -0.3 is 9.47 Å². The Kier molecular flexibility index (Phi) is 4.08. The molecule has 3 aromatic rings. The molecule has 136 valence electrons. The van der Waals surface area contributed by atoms with E-state index in [1.807, 2.05) is 24.3 Å². The zero-order valence-corrected chi connectivity index (χ0v) is 16.0. The molecule has 1 spiro atoms. The van der Waals surface area contributed by atoms with Crippen LogP contribution in [0.2, 0.25) is 5.02 Å². The number of benzene rings is 3. The van der Waals surface area contributed by atoms with Crippen LogP contribution in [-0.4, -0.2) is 13.2 Å². The van der Waals surface area contributed by atoms with Gasteiger partial charge in [0, 0.05) is 10.6 Å². The first-order valence-corrected chi connectivity index (χ1v) is 9.81. The van der Waals surface area contributed by atoms with Gasteiger partial charge in [-0.15, -0.1) is 0 Å². The lowest BCUT2D eigenvalue weighted by Crippen LogP contribution is -2.42. The first kappa shape index (κ1) is 17.0. The minimum atomic E-state index is -0.349. The average molecular weight is 377 g/mol. The highest BCUT2D eigenvalue weighted by Gasteiger charge is 2.48. The molecule has 1 heterocycles. The van der Waals surface area contributed by atoms with Crippen molar-refractivity contribution in [3.8, 4) is 11.1 Å². The van der Waals surface area contributed by atoms with E-state index in [9.17, 15) is 0 Å². The summed E-state index contributed by atoms with van der Waals surface area (Å²) < 4.78 is 12.6. The molecule has 1 aliphatic carbocycles. The van der Waals surface area contributed by atoms with Crippen molar-refractivity contribution in [2.45, 2.75) is 25.0 Å². The highest BCUT2D eigenvalue weighted by molar-refractivity contribution is 6.30. The second-order valence-corrected chi connectivity index (χ2v) is 7.76. The average Bonchev–Trinajstić information content (AvgIpc) is 3.00. The lowest BCUT2D eigenvalue weighted by atomic mass is 9.76. The van der Waals surface area contributed by atoms with E-state index in [4.69, 9.17) is 21.1 Å². The van der Waals surface area contributed by atoms with Gasteiger partial charge in [0.05, 0.1) is 18.6 Å². The largest absolute Gasteiger partial charge is 0.347 e. The molecule has 3 heteroatoms. The molecule has 0 amide bonds. The lowest BCUT2D eigenvalue weighted by Gasteiger charge is -2.40. The first-order valence-electron chi connectivity index (χ1n) is 9.44. The van der Waals surface area contributed by atoms with Crippen LogP contribution in [0.25, 0.3) is 11.1 Å². The summed E-state index contributed by atoms with van der Waals surface area (Å²) in [4.78, 5) is 0. The Labute approximate surface area is 164 Å². The summed E-state index contributed by atoms with van der Waals surface area (Å²) in [7, 11) is 0. The maximum Gasteiger partial charge on any atom is 0.183 e. The van der Waals surface area contributed by atoms with E-state index < -0.39 is 0 Å². The molecule has 0 radical (unpaired) electrons. The molecule has 1 saturated heterocycles. The molecule has 2 nitrogen and oxygen atoms in total. The topological polar surface area (TPSA) is 18.5 Å². The van der Waals surface area contributed by atoms with Gasteiger partial charge in [0.25, 0.3) is 0 Å². The van der Waals surface area contributed by atoms with Gasteiger partial charge in [-0.25, -0.2) is 0 Å². The minimum Gasteiger partial charge on any atom is -0.347 e. The molecular formula is C24H21ClO2. The summed E-state index contributed by atoms with van der Waals surface area (Å²) in [5, 5.41) is 0.720. The third-order valence-corrected chi connectivity index (χ3v) is 6.10. The third-order valence-electron chi connectivity index (χ3n) is 5.85. The normalized spacial score (nSPS) is 23.3. The monoisotopic (exact) mass is 376 g/mol. The molecule has 0 unspecified atom stereocenters. The van der Waals surface area contributed by atoms with Crippen LogP contribution >= 0.6 is 11.6 Å². The van der Waals surface area contributed by atoms with Crippen molar-refractivity contribution in [2.24, 2.45) is 0 Å². The third kappa shape index (κ3) is 2.55. The molecule has 3 aromatic carbocycles. The molecule has 0 saturated carbocycles. The van der Waals surface area contributed by atoms with Gasteiger partial charge in [0.15, 0.2) is 6.29 Å². The Morgan fingerprint density at radius 3 is 2.33 bits per heavy atom. The fourth-order valence-electron chi connectivity index (χ4n) is 4.59. The molecule has 2 aliphatic rings. The summed E-state index contributed by atoms with van der Waals surface area (Å²) in [6.45, 7) is 3.44. The number of fused-ring (bicyclic) bond motifs is 5. The van der Waals surface area contributed by atoms with Crippen molar-refractivity contribution in [3.63, 3.8) is 0 Å². The Morgan fingerprint density at radius 1 is 0.889 bits per heavy atom. The second-order valence-electron chi connectivity index (χ2n) is 7.33. The van der Waals surface area contributed by atoms with Crippen LogP contribution < -0.4 is 0 Å². The van der Waals surface area contributed by atoms with Crippen LogP contribution in [0.5, 0.6) is 0 Å². The van der Waals surface area contributed by atoms with Crippen LogP contribution in [0.1, 0.15) is 35.5 Å². The molecule has 0 N–H and O–H groups in total. The summed E-state index contributed by atoms with van der Waals surface area (Å²) in [6, 6.07) is 23.0. The number of ether oxygens (including phenoxy) is 2. The fourth-order valence-corrected chi connectivity index (χ4v) is 4.72. The summed E-state index contributed by atoms with van der Waals surface area (Å²) in [6.07, 6.45) is 0.650. The number of halogens is 1. The highest BCUT2D eigenvalue weighted by Crippen LogP contribution is 2.53. The quantitative estimate of drug-likeness (QED) is 0.553. The van der Waals surface area contributed by atoms with Gasteiger partial charge in [-0.05, 0) is 46.4 Å². The highest BCUT2D eigenvalue weighted by atomic mass is 35.5. The maximum absolute atomic E-state index is 6.29. The predicted octanol–water partition coefficient (Wildman–Crippen LogP) is 5.91. The second kappa shape index (κ2) is 6.49. The van der Waals surface area contributed by atoms with Gasteiger partial charge in [0.2, 0.25) is 0 Å². The van der Waals surface area contributed by atoms with Crippen LogP contribution in [0.3, 0.4) is 0 Å². The van der Waals surface area contributed by atoms with E-state index in [1.54, 1.807) is 0 Å². The van der Waals surface area contributed by atoms with Gasteiger partial charge in [0.1, 0.15) is 0 Å². The van der Waals surface area contributed by atoms with Crippen molar-refractivity contribution in [1.29, 1.82) is 0 Å². The molecule has 5 rings (SSSR count). The molecule has 0 aromatic heterocycles. The van der Waals surface area contributed by atoms with Crippen LogP contribution in [0.4, 0.5) is 0 Å². The van der Waals surface area contributed by atoms with Gasteiger partial charge in [-0.2, -0.15) is 0 Å². The molecular weight excluding hydrogens is 356 g/mol. The molecule has 1 fully saturated rings. The van der Waals surface area contributed by atoms with Crippen molar-refractivity contribution in [2.75, 3.05) is 13.2 Å². The number of rotatable bonds is 2. The minimum absolute atomic E-state index is 0.235. The Bertz CT molecular complexity index is 986. The van der Waals surface area contributed by atoms with Gasteiger partial charge >= 0.3 is 0 Å². The van der Waals surface area contributed by atoms with E-state index in [0.29, 0.717) is 13.2 Å². The summed E-state index contributed by atoms with van der Waals surface area (Å²) >= 11 is 6.01. The van der Waals surface area contributed by atoms with E-state index in [1.165, 1.54) is 27.8 Å². The van der Waals surface area contributed by atoms with Gasteiger partial charge in [-0.3, -0.25) is 0 Å². The summed E-state index contributed by atoms with van der Waals surface area (Å²) in [5.74, 6) is 0. The zero-order valence-electron chi connectivity index (χ0n) is 15.2. The molecule has 1 aliphatic heterocycles. The van der Waals surface area contributed by atoms with Crippen molar-refractivity contribution in [3.05, 3.63) is 94.0 Å². The standard InChI is InChI=1S/C24H21ClO2/c1-2-16-6-5-8-20-19-7-3-4-9-21(19)24(22(16)20)14-26-23(27-15-24)17-10-12-18(25)13-11-17/h3-13,23H,2,14-15H2,1H3. The Hall–Kier alpha value is -2.13. The van der Waals surface area contributed by atoms with Crippen molar-refractivity contribution in [1.82, 2.24) is 0 Å².